The number of esters is 2. The largest absolute Gasteiger partial charge is 0.462 e. The number of aliphatic hydroxyl groups is 4. The van der Waals surface area contributed by atoms with Crippen LogP contribution in [0.1, 0.15) is 109 Å². The van der Waals surface area contributed by atoms with Crippen LogP contribution in [0.3, 0.4) is 0 Å². The summed E-state index contributed by atoms with van der Waals surface area (Å²) in [4.78, 5) is 25.1. The Bertz CT molecular complexity index is 944. The van der Waals surface area contributed by atoms with Crippen LogP contribution in [0, 0.1) is 0 Å². The van der Waals surface area contributed by atoms with E-state index >= 15 is 0 Å². The smallest absolute Gasteiger partial charge is 0.306 e. The minimum atomic E-state index is -1.60. The standard InChI is InChI=1S/C38H62O10/c1-3-5-7-9-11-13-15-16-17-19-20-22-24-26-33(40)45-29-31(30-46-38-37(44)36(43)35(42)32(28-39)48-38)47-34(41)27-25-23-21-18-14-12-10-8-6-4-2/h3-4,7-10,13,15,31-32,35-39,42-44H,1-2,5-6,11-12,14,16-30H2/b9-7-,10-8-,15-13-/t31-,32-,35+,36+,37-,38-/m1/s1. The molecule has 0 aromatic rings. The van der Waals surface area contributed by atoms with Gasteiger partial charge in [0.15, 0.2) is 12.4 Å². The van der Waals surface area contributed by atoms with Gasteiger partial charge in [0.25, 0.3) is 0 Å². The monoisotopic (exact) mass is 678 g/mol. The second-order valence-electron chi connectivity index (χ2n) is 12.1. The van der Waals surface area contributed by atoms with E-state index in [9.17, 15) is 30.0 Å². The lowest BCUT2D eigenvalue weighted by atomic mass is 9.99. The fourth-order valence-corrected chi connectivity index (χ4v) is 5.04. The van der Waals surface area contributed by atoms with Crippen LogP contribution in [0.5, 0.6) is 0 Å². The molecule has 1 saturated heterocycles. The summed E-state index contributed by atoms with van der Waals surface area (Å²) in [7, 11) is 0. The van der Waals surface area contributed by atoms with Crippen LogP contribution in [-0.2, 0) is 28.5 Å². The van der Waals surface area contributed by atoms with E-state index in [1.54, 1.807) is 0 Å². The van der Waals surface area contributed by atoms with Crippen LogP contribution in [0.25, 0.3) is 0 Å². The minimum absolute atomic E-state index is 0.201. The van der Waals surface area contributed by atoms with Gasteiger partial charge < -0.3 is 39.4 Å². The molecule has 0 aromatic carbocycles. The molecule has 48 heavy (non-hydrogen) atoms. The van der Waals surface area contributed by atoms with Gasteiger partial charge >= 0.3 is 11.9 Å². The normalized spacial score (nSPS) is 22.0. The Balaban J connectivity index is 2.43. The SMILES string of the molecule is C=CC/C=C\C/C=C\CCCCCCCC(=O)OC[C@H](CO[C@@H]1O[C@H](CO)[C@H](O)[C@H](O)[C@H]1O)OC(=O)CCCCCCC/C=C\CC=C. The van der Waals surface area contributed by atoms with Gasteiger partial charge in [0.1, 0.15) is 31.0 Å². The molecule has 0 amide bonds. The summed E-state index contributed by atoms with van der Waals surface area (Å²) in [5.41, 5.74) is 0. The van der Waals surface area contributed by atoms with Gasteiger partial charge in [-0.25, -0.2) is 0 Å². The summed E-state index contributed by atoms with van der Waals surface area (Å²) < 4.78 is 21.9. The second kappa shape index (κ2) is 29.3. The Hall–Kier alpha value is -2.60. The average molecular weight is 679 g/mol. The van der Waals surface area contributed by atoms with Gasteiger partial charge in [-0.2, -0.15) is 0 Å². The van der Waals surface area contributed by atoms with E-state index in [2.05, 4.69) is 49.6 Å². The second-order valence-corrected chi connectivity index (χ2v) is 12.1. The molecule has 274 valence electrons. The van der Waals surface area contributed by atoms with E-state index < -0.39 is 55.4 Å². The van der Waals surface area contributed by atoms with E-state index in [-0.39, 0.29) is 26.1 Å². The van der Waals surface area contributed by atoms with Crippen molar-refractivity contribution in [1.29, 1.82) is 0 Å². The molecule has 0 radical (unpaired) electrons. The van der Waals surface area contributed by atoms with Crippen molar-refractivity contribution in [2.75, 3.05) is 19.8 Å². The van der Waals surface area contributed by atoms with Crippen molar-refractivity contribution in [3.63, 3.8) is 0 Å². The van der Waals surface area contributed by atoms with Crippen molar-refractivity contribution < 1.29 is 49.0 Å². The van der Waals surface area contributed by atoms with E-state index in [1.807, 2.05) is 12.2 Å². The molecule has 0 saturated carbocycles. The highest BCUT2D eigenvalue weighted by Crippen LogP contribution is 2.22. The molecule has 10 nitrogen and oxygen atoms in total. The Morgan fingerprint density at radius 2 is 1.17 bits per heavy atom. The van der Waals surface area contributed by atoms with Crippen LogP contribution < -0.4 is 0 Å². The van der Waals surface area contributed by atoms with Crippen molar-refractivity contribution in [1.82, 2.24) is 0 Å². The van der Waals surface area contributed by atoms with Crippen molar-refractivity contribution in [2.45, 2.75) is 146 Å². The van der Waals surface area contributed by atoms with Crippen molar-refractivity contribution >= 4 is 11.9 Å². The first-order chi connectivity index (χ1) is 23.3. The summed E-state index contributed by atoms with van der Waals surface area (Å²) >= 11 is 0. The summed E-state index contributed by atoms with van der Waals surface area (Å²) in [6.07, 6.45) is 23.2. The quantitative estimate of drug-likeness (QED) is 0.0426. The summed E-state index contributed by atoms with van der Waals surface area (Å²) in [6.45, 7) is 6.26. The Labute approximate surface area is 288 Å². The lowest BCUT2D eigenvalue weighted by Gasteiger charge is -2.39. The number of ether oxygens (including phenoxy) is 4. The zero-order valence-corrected chi connectivity index (χ0v) is 28.9. The molecule has 0 unspecified atom stereocenters. The fraction of sp³-hybridized carbons (Fsp3) is 0.684. The van der Waals surface area contributed by atoms with Gasteiger partial charge in [-0.05, 0) is 57.8 Å². The van der Waals surface area contributed by atoms with Gasteiger partial charge in [-0.1, -0.05) is 87.1 Å². The molecule has 4 N–H and O–H groups in total. The molecule has 1 aliphatic rings. The number of unbranched alkanes of at least 4 members (excludes halogenated alkanes) is 10. The molecule has 0 aliphatic carbocycles. The molecule has 0 spiro atoms. The number of hydrogen-bond donors (Lipinski definition) is 4. The molecular formula is C38H62O10. The topological polar surface area (TPSA) is 152 Å². The van der Waals surface area contributed by atoms with Gasteiger partial charge in [0.2, 0.25) is 0 Å². The molecule has 1 fully saturated rings. The maximum Gasteiger partial charge on any atom is 0.306 e. The summed E-state index contributed by atoms with van der Waals surface area (Å²) in [5, 5.41) is 39.8. The van der Waals surface area contributed by atoms with Gasteiger partial charge in [-0.15, -0.1) is 13.2 Å². The van der Waals surface area contributed by atoms with E-state index in [4.69, 9.17) is 18.9 Å². The number of carbonyl (C=O) groups excluding carboxylic acids is 2. The highest BCUT2D eigenvalue weighted by molar-refractivity contribution is 5.70. The summed E-state index contributed by atoms with van der Waals surface area (Å²) in [5.74, 6) is -0.865. The first-order valence-corrected chi connectivity index (χ1v) is 17.8. The lowest BCUT2D eigenvalue weighted by molar-refractivity contribution is -0.305. The molecule has 1 heterocycles. The number of hydrogen-bond acceptors (Lipinski definition) is 10. The van der Waals surface area contributed by atoms with Crippen LogP contribution in [-0.4, -0.2) is 89.0 Å². The lowest BCUT2D eigenvalue weighted by Crippen LogP contribution is -2.59. The third-order valence-corrected chi connectivity index (χ3v) is 7.90. The number of rotatable bonds is 29. The Morgan fingerprint density at radius 1 is 0.646 bits per heavy atom. The summed E-state index contributed by atoms with van der Waals surface area (Å²) in [6, 6.07) is 0. The van der Waals surface area contributed by atoms with Gasteiger partial charge in [0.05, 0.1) is 13.2 Å². The van der Waals surface area contributed by atoms with Crippen molar-refractivity contribution in [2.24, 2.45) is 0 Å². The van der Waals surface area contributed by atoms with Crippen LogP contribution in [0.15, 0.2) is 61.8 Å². The van der Waals surface area contributed by atoms with E-state index in [0.29, 0.717) is 12.8 Å². The Morgan fingerprint density at radius 3 is 1.77 bits per heavy atom. The average Bonchev–Trinajstić information content (AvgIpc) is 3.08. The highest BCUT2D eigenvalue weighted by Gasteiger charge is 2.44. The molecule has 6 atom stereocenters. The number of allylic oxidation sites excluding steroid dienone is 8. The highest BCUT2D eigenvalue weighted by atomic mass is 16.7. The first-order valence-electron chi connectivity index (χ1n) is 17.8. The molecule has 1 aliphatic heterocycles. The predicted octanol–water partition coefficient (Wildman–Crippen LogP) is 5.93. The molecule has 0 aromatic heterocycles. The maximum atomic E-state index is 12.6. The zero-order chi connectivity index (χ0) is 35.2. The van der Waals surface area contributed by atoms with Crippen molar-refractivity contribution in [3.05, 3.63) is 61.8 Å². The van der Waals surface area contributed by atoms with Crippen molar-refractivity contribution in [3.8, 4) is 0 Å². The molecule has 1 rings (SSSR count). The van der Waals surface area contributed by atoms with E-state index in [1.165, 1.54) is 0 Å². The number of aliphatic hydroxyl groups excluding tert-OH is 4. The van der Waals surface area contributed by atoms with Gasteiger partial charge in [0, 0.05) is 12.8 Å². The van der Waals surface area contributed by atoms with Gasteiger partial charge in [-0.3, -0.25) is 9.59 Å². The fourth-order valence-electron chi connectivity index (χ4n) is 5.04. The zero-order valence-electron chi connectivity index (χ0n) is 28.9. The molecular weight excluding hydrogens is 616 g/mol. The first kappa shape index (κ1) is 43.4. The number of carbonyl (C=O) groups is 2. The maximum absolute atomic E-state index is 12.6. The van der Waals surface area contributed by atoms with Crippen LogP contribution in [0.2, 0.25) is 0 Å². The molecule has 0 bridgehead atoms. The van der Waals surface area contributed by atoms with Crippen LogP contribution >= 0.6 is 0 Å². The van der Waals surface area contributed by atoms with Crippen LogP contribution in [0.4, 0.5) is 0 Å². The molecule has 10 heteroatoms. The predicted molar refractivity (Wildman–Crippen MR) is 187 cm³/mol. The Kier molecular flexibility index (Phi) is 26.5. The van der Waals surface area contributed by atoms with E-state index in [0.717, 1.165) is 83.5 Å². The third kappa shape index (κ3) is 21.4. The third-order valence-electron chi connectivity index (χ3n) is 7.90. The minimum Gasteiger partial charge on any atom is -0.462 e.